The van der Waals surface area contributed by atoms with Crippen molar-refractivity contribution in [3.8, 4) is 0 Å². The normalized spacial score (nSPS) is 28.8. The van der Waals surface area contributed by atoms with Gasteiger partial charge in [-0.1, -0.05) is 0 Å². The molecule has 0 aliphatic carbocycles. The number of carbonyl (C=O) groups excluding carboxylic acids is 1. The quantitative estimate of drug-likeness (QED) is 0.631. The summed E-state index contributed by atoms with van der Waals surface area (Å²) in [6.45, 7) is 3.72. The first kappa shape index (κ1) is 11.7. The molecular weight excluding hydrogens is 178 g/mol. The number of rotatable bonds is 1. The maximum atomic E-state index is 11.2. The Kier molecular flexibility index (Phi) is 4.57. The third-order valence-electron chi connectivity index (χ3n) is 2.28. The molecule has 1 aliphatic heterocycles. The number of hydrogen-bond acceptors (Lipinski definition) is 3. The SMILES string of the molecule is COC(=O)C1(C)CCCNC1.Cl. The zero-order valence-corrected chi connectivity index (χ0v) is 8.37. The lowest BCUT2D eigenvalue weighted by Crippen LogP contribution is -2.43. The van der Waals surface area contributed by atoms with Crippen LogP contribution in [0, 0.1) is 5.41 Å². The van der Waals surface area contributed by atoms with E-state index in [1.165, 1.54) is 7.11 Å². The van der Waals surface area contributed by atoms with Crippen molar-refractivity contribution >= 4 is 18.4 Å². The average molecular weight is 194 g/mol. The molecule has 0 spiro atoms. The van der Waals surface area contributed by atoms with E-state index in [0.29, 0.717) is 0 Å². The van der Waals surface area contributed by atoms with E-state index in [2.05, 4.69) is 5.32 Å². The van der Waals surface area contributed by atoms with Crippen molar-refractivity contribution in [3.63, 3.8) is 0 Å². The molecule has 1 atom stereocenters. The minimum Gasteiger partial charge on any atom is -0.469 e. The maximum absolute atomic E-state index is 11.2. The molecule has 1 aliphatic rings. The second kappa shape index (κ2) is 4.67. The van der Waals surface area contributed by atoms with Gasteiger partial charge in [-0.2, -0.15) is 0 Å². The Morgan fingerprint density at radius 2 is 2.25 bits per heavy atom. The first-order valence-electron chi connectivity index (χ1n) is 3.98. The lowest BCUT2D eigenvalue weighted by molar-refractivity contribution is -0.152. The molecule has 3 nitrogen and oxygen atoms in total. The van der Waals surface area contributed by atoms with E-state index in [1.807, 2.05) is 6.92 Å². The molecule has 0 aromatic rings. The first-order valence-corrected chi connectivity index (χ1v) is 3.98. The van der Waals surface area contributed by atoms with Gasteiger partial charge in [-0.05, 0) is 26.3 Å². The van der Waals surface area contributed by atoms with Crippen LogP contribution < -0.4 is 5.32 Å². The van der Waals surface area contributed by atoms with E-state index in [1.54, 1.807) is 0 Å². The second-order valence-electron chi connectivity index (χ2n) is 3.33. The summed E-state index contributed by atoms with van der Waals surface area (Å²) < 4.78 is 4.71. The van der Waals surface area contributed by atoms with Gasteiger partial charge in [0.05, 0.1) is 12.5 Å². The summed E-state index contributed by atoms with van der Waals surface area (Å²) in [5, 5.41) is 3.19. The number of nitrogens with one attached hydrogen (secondary N) is 1. The lowest BCUT2D eigenvalue weighted by Gasteiger charge is -2.30. The van der Waals surface area contributed by atoms with Gasteiger partial charge in [0.15, 0.2) is 0 Å². The van der Waals surface area contributed by atoms with Gasteiger partial charge < -0.3 is 10.1 Å². The third-order valence-corrected chi connectivity index (χ3v) is 2.28. The maximum Gasteiger partial charge on any atom is 0.312 e. The van der Waals surface area contributed by atoms with E-state index in [9.17, 15) is 4.79 Å². The summed E-state index contributed by atoms with van der Waals surface area (Å²) in [6.07, 6.45) is 2.00. The van der Waals surface area contributed by atoms with Crippen molar-refractivity contribution < 1.29 is 9.53 Å². The molecule has 0 bridgehead atoms. The van der Waals surface area contributed by atoms with Crippen LogP contribution in [0.15, 0.2) is 0 Å². The number of esters is 1. The fourth-order valence-corrected chi connectivity index (χ4v) is 1.48. The van der Waals surface area contributed by atoms with Crippen molar-refractivity contribution in [3.05, 3.63) is 0 Å². The molecule has 0 amide bonds. The average Bonchev–Trinajstić information content (AvgIpc) is 2.04. The largest absolute Gasteiger partial charge is 0.469 e. The molecule has 1 N–H and O–H groups in total. The van der Waals surface area contributed by atoms with Crippen molar-refractivity contribution in [2.45, 2.75) is 19.8 Å². The van der Waals surface area contributed by atoms with Crippen molar-refractivity contribution in [2.75, 3.05) is 20.2 Å². The number of halogens is 1. The van der Waals surface area contributed by atoms with E-state index >= 15 is 0 Å². The number of ether oxygens (including phenoxy) is 1. The summed E-state index contributed by atoms with van der Waals surface area (Å²) in [6, 6.07) is 0. The topological polar surface area (TPSA) is 38.3 Å². The van der Waals surface area contributed by atoms with Crippen LogP contribution in [0.4, 0.5) is 0 Å². The van der Waals surface area contributed by atoms with Crippen LogP contribution in [0.25, 0.3) is 0 Å². The fraction of sp³-hybridized carbons (Fsp3) is 0.875. The molecule has 1 heterocycles. The van der Waals surface area contributed by atoms with Crippen LogP contribution in [0.1, 0.15) is 19.8 Å². The molecule has 1 saturated heterocycles. The Hall–Kier alpha value is -0.280. The monoisotopic (exact) mass is 193 g/mol. The molecule has 72 valence electrons. The lowest BCUT2D eigenvalue weighted by atomic mass is 9.83. The molecule has 4 heteroatoms. The minimum atomic E-state index is -0.285. The molecule has 1 fully saturated rings. The predicted octanol–water partition coefficient (Wildman–Crippen LogP) is 0.971. The minimum absolute atomic E-state index is 0. The van der Waals surface area contributed by atoms with Crippen molar-refractivity contribution in [2.24, 2.45) is 5.41 Å². The van der Waals surface area contributed by atoms with E-state index < -0.39 is 0 Å². The van der Waals surface area contributed by atoms with Crippen LogP contribution in [-0.4, -0.2) is 26.2 Å². The molecule has 0 aromatic carbocycles. The summed E-state index contributed by atoms with van der Waals surface area (Å²) >= 11 is 0. The van der Waals surface area contributed by atoms with Gasteiger partial charge in [0, 0.05) is 6.54 Å². The Balaban J connectivity index is 0.00000121. The Bertz CT molecular complexity index is 155. The molecule has 0 saturated carbocycles. The number of hydrogen-bond donors (Lipinski definition) is 1. The van der Waals surface area contributed by atoms with Crippen LogP contribution in [0.2, 0.25) is 0 Å². The van der Waals surface area contributed by atoms with Crippen LogP contribution in [0.3, 0.4) is 0 Å². The Morgan fingerprint density at radius 1 is 1.58 bits per heavy atom. The highest BCUT2D eigenvalue weighted by molar-refractivity contribution is 5.85. The van der Waals surface area contributed by atoms with Crippen molar-refractivity contribution in [1.29, 1.82) is 0 Å². The third kappa shape index (κ3) is 2.35. The number of methoxy groups -OCH3 is 1. The molecule has 1 rings (SSSR count). The highest BCUT2D eigenvalue weighted by Gasteiger charge is 2.35. The zero-order valence-electron chi connectivity index (χ0n) is 7.55. The Morgan fingerprint density at radius 3 is 2.67 bits per heavy atom. The fourth-order valence-electron chi connectivity index (χ4n) is 1.48. The summed E-state index contributed by atoms with van der Waals surface area (Å²) in [5.41, 5.74) is -0.285. The molecule has 12 heavy (non-hydrogen) atoms. The molecule has 0 aromatic heterocycles. The summed E-state index contributed by atoms with van der Waals surface area (Å²) in [7, 11) is 1.45. The van der Waals surface area contributed by atoms with Gasteiger partial charge in [-0.3, -0.25) is 4.79 Å². The standard InChI is InChI=1S/C8H15NO2.ClH/c1-8(7(10)11-2)4-3-5-9-6-8;/h9H,3-6H2,1-2H3;1H. The van der Waals surface area contributed by atoms with E-state index in [0.717, 1.165) is 25.9 Å². The van der Waals surface area contributed by atoms with Gasteiger partial charge in [0.2, 0.25) is 0 Å². The first-order chi connectivity index (χ1) is 5.19. The van der Waals surface area contributed by atoms with Gasteiger partial charge in [0.1, 0.15) is 0 Å². The molecule has 0 radical (unpaired) electrons. The van der Waals surface area contributed by atoms with Gasteiger partial charge in [-0.25, -0.2) is 0 Å². The smallest absolute Gasteiger partial charge is 0.312 e. The number of carbonyl (C=O) groups is 1. The van der Waals surface area contributed by atoms with Crippen molar-refractivity contribution in [1.82, 2.24) is 5.32 Å². The van der Waals surface area contributed by atoms with Crippen LogP contribution in [0.5, 0.6) is 0 Å². The highest BCUT2D eigenvalue weighted by atomic mass is 35.5. The predicted molar refractivity (Wildman–Crippen MR) is 49.5 cm³/mol. The highest BCUT2D eigenvalue weighted by Crippen LogP contribution is 2.26. The van der Waals surface area contributed by atoms with Gasteiger partial charge >= 0.3 is 5.97 Å². The molecule has 1 unspecified atom stereocenters. The summed E-state index contributed by atoms with van der Waals surface area (Å²) in [4.78, 5) is 11.2. The zero-order chi connectivity index (χ0) is 8.32. The Labute approximate surface area is 79.3 Å². The summed E-state index contributed by atoms with van der Waals surface area (Å²) in [5.74, 6) is -0.0929. The van der Waals surface area contributed by atoms with Crippen LogP contribution in [-0.2, 0) is 9.53 Å². The van der Waals surface area contributed by atoms with E-state index in [-0.39, 0.29) is 23.8 Å². The van der Waals surface area contributed by atoms with Gasteiger partial charge in [-0.15, -0.1) is 12.4 Å². The number of piperidine rings is 1. The molecular formula is C8H16ClNO2. The van der Waals surface area contributed by atoms with Crippen LogP contribution >= 0.6 is 12.4 Å². The second-order valence-corrected chi connectivity index (χ2v) is 3.33. The van der Waals surface area contributed by atoms with E-state index in [4.69, 9.17) is 4.74 Å². The van der Waals surface area contributed by atoms with Gasteiger partial charge in [0.25, 0.3) is 0 Å².